The summed E-state index contributed by atoms with van der Waals surface area (Å²) in [6.07, 6.45) is 0.937. The minimum atomic E-state index is 0.226. The Morgan fingerprint density at radius 2 is 2.14 bits per heavy atom. The second-order valence-electron chi connectivity index (χ2n) is 5.36. The van der Waals surface area contributed by atoms with Crippen molar-refractivity contribution in [2.24, 2.45) is 0 Å². The van der Waals surface area contributed by atoms with Crippen molar-refractivity contribution in [3.8, 4) is 11.6 Å². The number of hydrogen-bond donors (Lipinski definition) is 0. The highest BCUT2D eigenvalue weighted by atomic mass is 16.5. The van der Waals surface area contributed by atoms with Gasteiger partial charge in [-0.25, -0.2) is 9.50 Å². The molecule has 1 unspecified atom stereocenters. The number of rotatable bonds is 2. The molecule has 108 valence electrons. The van der Waals surface area contributed by atoms with Crippen molar-refractivity contribution in [2.75, 3.05) is 13.2 Å². The molecule has 0 radical (unpaired) electrons. The van der Waals surface area contributed by atoms with Crippen LogP contribution in [-0.2, 0) is 4.74 Å². The molecular weight excluding hydrogens is 270 g/mol. The molecule has 0 saturated carbocycles. The molecular formula is C14H15N5O2. The molecule has 3 aromatic rings. The summed E-state index contributed by atoms with van der Waals surface area (Å²) >= 11 is 0. The predicted molar refractivity (Wildman–Crippen MR) is 73.9 cm³/mol. The van der Waals surface area contributed by atoms with Crippen LogP contribution in [0, 0.1) is 13.8 Å². The van der Waals surface area contributed by atoms with Crippen molar-refractivity contribution in [1.29, 1.82) is 0 Å². The maximum absolute atomic E-state index is 5.36. The summed E-state index contributed by atoms with van der Waals surface area (Å²) in [6, 6.07) is 3.83. The zero-order valence-electron chi connectivity index (χ0n) is 11.9. The van der Waals surface area contributed by atoms with E-state index in [-0.39, 0.29) is 5.92 Å². The second-order valence-corrected chi connectivity index (χ2v) is 5.36. The molecule has 7 heteroatoms. The smallest absolute Gasteiger partial charge is 0.276 e. The molecule has 0 aliphatic carbocycles. The van der Waals surface area contributed by atoms with E-state index in [1.165, 1.54) is 0 Å². The van der Waals surface area contributed by atoms with Crippen LogP contribution >= 0.6 is 0 Å². The van der Waals surface area contributed by atoms with Gasteiger partial charge in [-0.2, -0.15) is 10.1 Å². The lowest BCUT2D eigenvalue weighted by Crippen LogP contribution is -2.00. The first kappa shape index (κ1) is 12.5. The molecule has 0 bridgehead atoms. The predicted octanol–water partition coefficient (Wildman–Crippen LogP) is 1.90. The molecule has 1 aliphatic heterocycles. The maximum atomic E-state index is 5.36. The average Bonchev–Trinajstić information content (AvgIpc) is 3.17. The van der Waals surface area contributed by atoms with E-state index in [1.807, 2.05) is 26.0 Å². The van der Waals surface area contributed by atoms with Gasteiger partial charge in [0.05, 0.1) is 12.3 Å². The third-order valence-electron chi connectivity index (χ3n) is 3.68. The van der Waals surface area contributed by atoms with Crippen molar-refractivity contribution in [2.45, 2.75) is 26.2 Å². The van der Waals surface area contributed by atoms with Crippen LogP contribution in [-0.4, -0.2) is 38.0 Å². The van der Waals surface area contributed by atoms with Gasteiger partial charge in [0, 0.05) is 24.3 Å². The summed E-state index contributed by atoms with van der Waals surface area (Å²) in [7, 11) is 0. The van der Waals surface area contributed by atoms with E-state index in [9.17, 15) is 0 Å². The first-order valence-electron chi connectivity index (χ1n) is 6.96. The van der Waals surface area contributed by atoms with E-state index in [0.717, 1.165) is 30.1 Å². The van der Waals surface area contributed by atoms with Crippen LogP contribution < -0.4 is 0 Å². The van der Waals surface area contributed by atoms with Crippen molar-refractivity contribution in [1.82, 2.24) is 24.7 Å². The molecule has 7 nitrogen and oxygen atoms in total. The van der Waals surface area contributed by atoms with Crippen LogP contribution in [0.1, 0.15) is 29.6 Å². The van der Waals surface area contributed by atoms with Crippen molar-refractivity contribution in [3.63, 3.8) is 0 Å². The number of fused-ring (bicyclic) bond motifs is 1. The Bertz CT molecular complexity index is 801. The van der Waals surface area contributed by atoms with Crippen molar-refractivity contribution in [3.05, 3.63) is 29.3 Å². The largest absolute Gasteiger partial charge is 0.381 e. The molecule has 1 fully saturated rings. The average molecular weight is 285 g/mol. The molecule has 1 saturated heterocycles. The Balaban J connectivity index is 1.75. The van der Waals surface area contributed by atoms with Crippen LogP contribution in [0.3, 0.4) is 0 Å². The zero-order valence-corrected chi connectivity index (χ0v) is 11.9. The Labute approximate surface area is 120 Å². The van der Waals surface area contributed by atoms with Gasteiger partial charge >= 0.3 is 0 Å². The molecule has 1 atom stereocenters. The second kappa shape index (κ2) is 4.63. The number of nitrogens with zero attached hydrogens (tertiary/aromatic N) is 5. The minimum absolute atomic E-state index is 0.226. The topological polar surface area (TPSA) is 78.3 Å². The highest BCUT2D eigenvalue weighted by Crippen LogP contribution is 2.25. The summed E-state index contributed by atoms with van der Waals surface area (Å²) in [5.74, 6) is 1.37. The lowest BCUT2D eigenvalue weighted by atomic mass is 10.1. The lowest BCUT2D eigenvalue weighted by Gasteiger charge is -2.00. The first-order chi connectivity index (χ1) is 10.2. The number of aryl methyl sites for hydroxylation is 2. The fourth-order valence-corrected chi connectivity index (χ4v) is 2.59. The Kier molecular flexibility index (Phi) is 2.75. The highest BCUT2D eigenvalue weighted by molar-refractivity contribution is 5.54. The number of aromatic nitrogens is 5. The summed E-state index contributed by atoms with van der Waals surface area (Å²) in [5.41, 5.74) is 3.37. The molecule has 4 rings (SSSR count). The number of ether oxygens (including phenoxy) is 1. The number of hydrogen-bond acceptors (Lipinski definition) is 6. The molecule has 3 aromatic heterocycles. The summed E-state index contributed by atoms with van der Waals surface area (Å²) in [6.45, 7) is 5.34. The maximum Gasteiger partial charge on any atom is 0.276 e. The third-order valence-corrected chi connectivity index (χ3v) is 3.68. The Hall–Kier alpha value is -2.28. The van der Waals surface area contributed by atoms with Gasteiger partial charge in [0.1, 0.15) is 5.69 Å². The van der Waals surface area contributed by atoms with E-state index in [0.29, 0.717) is 24.0 Å². The fraction of sp³-hybridized carbons (Fsp3) is 0.429. The van der Waals surface area contributed by atoms with Crippen LogP contribution in [0.25, 0.3) is 17.2 Å². The van der Waals surface area contributed by atoms with Gasteiger partial charge in [-0.15, -0.1) is 0 Å². The van der Waals surface area contributed by atoms with E-state index < -0.39 is 0 Å². The summed E-state index contributed by atoms with van der Waals surface area (Å²) in [4.78, 5) is 9.01. The molecule has 4 heterocycles. The van der Waals surface area contributed by atoms with Gasteiger partial charge in [0.2, 0.25) is 0 Å². The monoisotopic (exact) mass is 285 g/mol. The summed E-state index contributed by atoms with van der Waals surface area (Å²) in [5, 5.41) is 8.45. The van der Waals surface area contributed by atoms with Crippen LogP contribution in [0.2, 0.25) is 0 Å². The minimum Gasteiger partial charge on any atom is -0.381 e. The van der Waals surface area contributed by atoms with E-state index in [4.69, 9.17) is 9.26 Å². The quantitative estimate of drug-likeness (QED) is 0.715. The lowest BCUT2D eigenvalue weighted by molar-refractivity contribution is 0.192. The molecule has 0 N–H and O–H groups in total. The zero-order chi connectivity index (χ0) is 14.4. The first-order valence-corrected chi connectivity index (χ1v) is 6.96. The van der Waals surface area contributed by atoms with Gasteiger partial charge in [-0.3, -0.25) is 0 Å². The van der Waals surface area contributed by atoms with Crippen molar-refractivity contribution < 1.29 is 9.26 Å². The highest BCUT2D eigenvalue weighted by Gasteiger charge is 2.24. The van der Waals surface area contributed by atoms with Gasteiger partial charge in [0.25, 0.3) is 5.89 Å². The molecule has 1 aliphatic rings. The molecule has 0 amide bonds. The van der Waals surface area contributed by atoms with Crippen LogP contribution in [0.4, 0.5) is 0 Å². The van der Waals surface area contributed by atoms with Crippen LogP contribution in [0.5, 0.6) is 0 Å². The van der Waals surface area contributed by atoms with E-state index in [2.05, 4.69) is 20.2 Å². The Morgan fingerprint density at radius 1 is 1.24 bits per heavy atom. The van der Waals surface area contributed by atoms with Crippen LogP contribution in [0.15, 0.2) is 16.7 Å². The van der Waals surface area contributed by atoms with E-state index in [1.54, 1.807) is 4.52 Å². The molecule has 0 spiro atoms. The Morgan fingerprint density at radius 3 is 2.95 bits per heavy atom. The summed E-state index contributed by atoms with van der Waals surface area (Å²) < 4.78 is 12.5. The van der Waals surface area contributed by atoms with Gasteiger partial charge in [-0.1, -0.05) is 5.16 Å². The van der Waals surface area contributed by atoms with Crippen molar-refractivity contribution >= 4 is 5.65 Å². The van der Waals surface area contributed by atoms with Gasteiger partial charge in [-0.05, 0) is 26.3 Å². The normalized spacial score (nSPS) is 18.7. The van der Waals surface area contributed by atoms with Gasteiger partial charge in [0.15, 0.2) is 11.5 Å². The van der Waals surface area contributed by atoms with E-state index >= 15 is 0 Å². The third kappa shape index (κ3) is 2.09. The standard InChI is InChI=1S/C14H15N5O2/c1-8-5-12-15-11(6-9(2)19(12)17-8)14-16-13(18-21-14)10-3-4-20-7-10/h5-6,10H,3-4,7H2,1-2H3. The fourth-order valence-electron chi connectivity index (χ4n) is 2.59. The SMILES string of the molecule is Cc1cc2nc(-c3nc(C4CCOC4)no3)cc(C)n2n1. The van der Waals surface area contributed by atoms with Gasteiger partial charge < -0.3 is 9.26 Å². The molecule has 21 heavy (non-hydrogen) atoms. The molecule has 0 aromatic carbocycles.